The van der Waals surface area contributed by atoms with Crippen LogP contribution in [-0.2, 0) is 20.8 Å². The van der Waals surface area contributed by atoms with E-state index in [1.165, 1.54) is 38.2 Å². The van der Waals surface area contributed by atoms with Gasteiger partial charge in [0.15, 0.2) is 0 Å². The molecule has 3 aromatic rings. The summed E-state index contributed by atoms with van der Waals surface area (Å²) in [4.78, 5) is 46.3. The van der Waals surface area contributed by atoms with Crippen molar-refractivity contribution >= 4 is 52.7 Å². The third-order valence-corrected chi connectivity index (χ3v) is 6.51. The molecule has 0 radical (unpaired) electrons. The van der Waals surface area contributed by atoms with Crippen molar-refractivity contribution in [2.45, 2.75) is 12.6 Å². The average Bonchev–Trinajstić information content (AvgIpc) is 2.87. The van der Waals surface area contributed by atoms with Crippen molar-refractivity contribution in [2.24, 2.45) is 0 Å². The summed E-state index contributed by atoms with van der Waals surface area (Å²) >= 11 is 13.2. The Morgan fingerprint density at radius 1 is 1.16 bits per heavy atom. The number of benzene rings is 1. The van der Waals surface area contributed by atoms with Crippen molar-refractivity contribution in [3.63, 3.8) is 0 Å². The van der Waals surface area contributed by atoms with Crippen LogP contribution < -0.4 is 20.3 Å². The Morgan fingerprint density at radius 3 is 2.43 bits per heavy atom. The third-order valence-electron chi connectivity index (χ3n) is 5.76. The standard InChI is InChI=1S/C23H23Cl2N5O7/c1-34-15-7-16(35-2)19(25)17(18(15)24)14-6-12-8-26-22(28-23(33)36-3)27-20(12)30(21(14)32)4-5-37-13-9-29(10-13)11-31/h6-8,11,13H,4-5,9-10H2,1-3H3,(H,26,27,28,33). The number of carbonyl (C=O) groups is 2. The first-order chi connectivity index (χ1) is 17.8. The minimum absolute atomic E-state index is 0.0547. The lowest BCUT2D eigenvalue weighted by molar-refractivity contribution is -0.131. The van der Waals surface area contributed by atoms with E-state index >= 15 is 0 Å². The van der Waals surface area contributed by atoms with Gasteiger partial charge in [-0.1, -0.05) is 23.2 Å². The fraction of sp³-hybridized carbons (Fsp3) is 0.348. The van der Waals surface area contributed by atoms with E-state index in [0.717, 1.165) is 6.41 Å². The number of methoxy groups -OCH3 is 3. The summed E-state index contributed by atoms with van der Waals surface area (Å²) in [6.45, 7) is 1.21. The summed E-state index contributed by atoms with van der Waals surface area (Å²) in [5.41, 5.74) is 0.149. The molecule has 0 atom stereocenters. The van der Waals surface area contributed by atoms with Crippen molar-refractivity contribution < 1.29 is 28.5 Å². The molecular formula is C23H23Cl2N5O7. The summed E-state index contributed by atoms with van der Waals surface area (Å²) in [5, 5.41) is 3.10. The summed E-state index contributed by atoms with van der Waals surface area (Å²) < 4.78 is 22.5. The molecule has 0 bridgehead atoms. The Morgan fingerprint density at radius 2 is 1.84 bits per heavy atom. The van der Waals surface area contributed by atoms with Crippen molar-refractivity contribution in [3.8, 4) is 22.6 Å². The summed E-state index contributed by atoms with van der Waals surface area (Å²) in [5.74, 6) is 0.484. The van der Waals surface area contributed by atoms with Crippen molar-refractivity contribution in [1.82, 2.24) is 19.4 Å². The van der Waals surface area contributed by atoms with Gasteiger partial charge in [-0.3, -0.25) is 19.5 Å². The maximum absolute atomic E-state index is 13.8. The molecular weight excluding hydrogens is 529 g/mol. The van der Waals surface area contributed by atoms with Crippen LogP contribution in [0.4, 0.5) is 10.7 Å². The van der Waals surface area contributed by atoms with E-state index < -0.39 is 11.7 Å². The van der Waals surface area contributed by atoms with E-state index in [1.807, 2.05) is 0 Å². The van der Waals surface area contributed by atoms with Crippen LogP contribution in [0.5, 0.6) is 11.5 Å². The molecule has 4 rings (SSSR count). The number of pyridine rings is 1. The maximum atomic E-state index is 13.8. The van der Waals surface area contributed by atoms with E-state index in [1.54, 1.807) is 11.0 Å². The number of hydrogen-bond donors (Lipinski definition) is 1. The lowest BCUT2D eigenvalue weighted by atomic mass is 10.0. The van der Waals surface area contributed by atoms with Gasteiger partial charge < -0.3 is 23.8 Å². The third kappa shape index (κ3) is 5.26. The molecule has 37 heavy (non-hydrogen) atoms. The van der Waals surface area contributed by atoms with Crippen LogP contribution >= 0.6 is 23.2 Å². The quantitative estimate of drug-likeness (QED) is 0.398. The van der Waals surface area contributed by atoms with Crippen LogP contribution in [0.1, 0.15) is 0 Å². The minimum Gasteiger partial charge on any atom is -0.495 e. The SMILES string of the molecule is COC(=O)Nc1ncc2cc(-c3c(Cl)c(OC)cc(OC)c3Cl)c(=O)n(CCOC3CN(C=O)C3)c2n1. The van der Waals surface area contributed by atoms with Gasteiger partial charge in [-0.2, -0.15) is 4.98 Å². The second kappa shape index (κ2) is 11.2. The van der Waals surface area contributed by atoms with Crippen LogP contribution in [0.2, 0.25) is 10.0 Å². The number of hydrogen-bond acceptors (Lipinski definition) is 9. The van der Waals surface area contributed by atoms with Gasteiger partial charge in [0.1, 0.15) is 17.1 Å². The van der Waals surface area contributed by atoms with Gasteiger partial charge in [-0.15, -0.1) is 0 Å². The van der Waals surface area contributed by atoms with Gasteiger partial charge in [0.2, 0.25) is 12.4 Å². The number of likely N-dealkylation sites (tertiary alicyclic amines) is 1. The number of fused-ring (bicyclic) bond motifs is 1. The highest BCUT2D eigenvalue weighted by molar-refractivity contribution is 6.41. The molecule has 2 aromatic heterocycles. The number of ether oxygens (including phenoxy) is 4. The smallest absolute Gasteiger partial charge is 0.413 e. The van der Waals surface area contributed by atoms with E-state index in [4.69, 9.17) is 37.4 Å². The number of halogens is 2. The fourth-order valence-electron chi connectivity index (χ4n) is 3.84. The summed E-state index contributed by atoms with van der Waals surface area (Å²) in [6.07, 6.45) is 1.30. The lowest BCUT2D eigenvalue weighted by Crippen LogP contribution is -2.51. The predicted octanol–water partition coefficient (Wildman–Crippen LogP) is 2.82. The van der Waals surface area contributed by atoms with Crippen LogP contribution in [0, 0.1) is 0 Å². The largest absolute Gasteiger partial charge is 0.495 e. The fourth-order valence-corrected chi connectivity index (χ4v) is 4.55. The maximum Gasteiger partial charge on any atom is 0.413 e. The van der Waals surface area contributed by atoms with E-state index in [0.29, 0.717) is 18.5 Å². The van der Waals surface area contributed by atoms with E-state index in [-0.39, 0.29) is 63.5 Å². The Balaban J connectivity index is 1.83. The number of anilines is 1. The number of aromatic nitrogens is 3. The van der Waals surface area contributed by atoms with Crippen LogP contribution in [0.25, 0.3) is 22.2 Å². The number of nitrogens with zero attached hydrogens (tertiary/aromatic N) is 4. The highest BCUT2D eigenvalue weighted by Crippen LogP contribution is 2.45. The lowest BCUT2D eigenvalue weighted by Gasteiger charge is -2.35. The molecule has 1 aliphatic rings. The molecule has 14 heteroatoms. The van der Waals surface area contributed by atoms with Crippen molar-refractivity contribution in [2.75, 3.05) is 46.3 Å². The highest BCUT2D eigenvalue weighted by Gasteiger charge is 2.26. The molecule has 0 saturated carbocycles. The molecule has 1 saturated heterocycles. The Labute approximate surface area is 221 Å². The molecule has 3 heterocycles. The summed E-state index contributed by atoms with van der Waals surface area (Å²) in [7, 11) is 4.08. The molecule has 0 spiro atoms. The monoisotopic (exact) mass is 551 g/mol. The first-order valence-corrected chi connectivity index (χ1v) is 11.7. The van der Waals surface area contributed by atoms with Gasteiger partial charge in [-0.25, -0.2) is 9.78 Å². The van der Waals surface area contributed by atoms with Gasteiger partial charge in [0.05, 0.1) is 56.2 Å². The molecule has 12 nitrogen and oxygen atoms in total. The minimum atomic E-state index is -0.764. The molecule has 1 aliphatic heterocycles. The van der Waals surface area contributed by atoms with E-state index in [2.05, 4.69) is 20.0 Å². The molecule has 196 valence electrons. The Bertz CT molecular complexity index is 1380. The average molecular weight is 552 g/mol. The second-order valence-electron chi connectivity index (χ2n) is 7.94. The van der Waals surface area contributed by atoms with Gasteiger partial charge >= 0.3 is 6.09 Å². The second-order valence-corrected chi connectivity index (χ2v) is 8.70. The molecule has 1 fully saturated rings. The van der Waals surface area contributed by atoms with Gasteiger partial charge in [0.25, 0.3) is 5.56 Å². The zero-order valence-electron chi connectivity index (χ0n) is 20.1. The first-order valence-electron chi connectivity index (χ1n) is 11.0. The highest BCUT2D eigenvalue weighted by atomic mass is 35.5. The topological polar surface area (TPSA) is 134 Å². The molecule has 0 aliphatic carbocycles. The van der Waals surface area contributed by atoms with Crippen molar-refractivity contribution in [3.05, 3.63) is 38.7 Å². The number of carbonyl (C=O) groups excluding carboxylic acids is 2. The Kier molecular flexibility index (Phi) is 8.00. The molecule has 1 N–H and O–H groups in total. The normalized spacial score (nSPS) is 13.3. The molecule has 2 amide bonds. The summed E-state index contributed by atoms with van der Waals surface area (Å²) in [6, 6.07) is 3.08. The van der Waals surface area contributed by atoms with E-state index in [9.17, 15) is 14.4 Å². The van der Waals surface area contributed by atoms with Crippen LogP contribution in [-0.4, -0.2) is 79.1 Å². The first kappa shape index (κ1) is 26.5. The number of nitrogens with one attached hydrogen (secondary N) is 1. The number of amides is 2. The Hall–Kier alpha value is -3.61. The van der Waals surface area contributed by atoms with Crippen LogP contribution in [0.3, 0.4) is 0 Å². The predicted molar refractivity (Wildman–Crippen MR) is 136 cm³/mol. The zero-order chi connectivity index (χ0) is 26.7. The van der Waals surface area contributed by atoms with Gasteiger partial charge in [-0.05, 0) is 6.07 Å². The number of rotatable bonds is 9. The zero-order valence-corrected chi connectivity index (χ0v) is 21.6. The van der Waals surface area contributed by atoms with Crippen molar-refractivity contribution in [1.29, 1.82) is 0 Å². The van der Waals surface area contributed by atoms with Gasteiger partial charge in [0, 0.05) is 36.3 Å². The van der Waals surface area contributed by atoms with Crippen LogP contribution in [0.15, 0.2) is 23.1 Å². The molecule has 1 aromatic carbocycles. The molecule has 0 unspecified atom stereocenters.